The van der Waals surface area contributed by atoms with Crippen LogP contribution in [0.5, 0.6) is 0 Å². The van der Waals surface area contributed by atoms with Crippen molar-refractivity contribution in [3.8, 4) is 6.07 Å². The van der Waals surface area contributed by atoms with Crippen molar-refractivity contribution in [3.63, 3.8) is 0 Å². The Labute approximate surface area is 202 Å². The molecule has 0 radical (unpaired) electrons. The van der Waals surface area contributed by atoms with Gasteiger partial charge in [0.2, 0.25) is 0 Å². The summed E-state index contributed by atoms with van der Waals surface area (Å²) in [4.78, 5) is 4.44. The molecule has 2 rings (SSSR count). The first-order valence-corrected chi connectivity index (χ1v) is 11.1. The predicted molar refractivity (Wildman–Crippen MR) is 125 cm³/mol. The smallest absolute Gasteiger partial charge is 0.394 e. The van der Waals surface area contributed by atoms with E-state index < -0.39 is 11.7 Å². The molecule has 3 N–H and O–H groups in total. The number of anilines is 2. The first kappa shape index (κ1) is 28.0. The van der Waals surface area contributed by atoms with Crippen LogP contribution >= 0.6 is 0 Å². The highest BCUT2D eigenvalue weighted by molar-refractivity contribution is 5.74. The molecule has 0 aliphatic heterocycles. The van der Waals surface area contributed by atoms with Crippen molar-refractivity contribution in [1.29, 1.82) is 5.26 Å². The van der Waals surface area contributed by atoms with Gasteiger partial charge in [0, 0.05) is 25.3 Å². The number of nitriles is 1. The van der Waals surface area contributed by atoms with Crippen LogP contribution in [-0.4, -0.2) is 56.2 Å². The number of pyridine rings is 1. The van der Waals surface area contributed by atoms with Gasteiger partial charge in [-0.05, 0) is 25.5 Å². The zero-order valence-corrected chi connectivity index (χ0v) is 19.7. The summed E-state index contributed by atoms with van der Waals surface area (Å²) in [6.45, 7) is 5.59. The lowest BCUT2D eigenvalue weighted by Gasteiger charge is -2.16. The van der Waals surface area contributed by atoms with E-state index in [1.807, 2.05) is 6.92 Å². The number of alkyl halides is 3. The van der Waals surface area contributed by atoms with E-state index in [0.717, 1.165) is 12.5 Å². The minimum Gasteiger partial charge on any atom is -0.394 e. The summed E-state index contributed by atoms with van der Waals surface area (Å²) in [6.07, 6.45) is -3.72. The monoisotopic (exact) mass is 494 g/mol. The molecule has 35 heavy (non-hydrogen) atoms. The van der Waals surface area contributed by atoms with Crippen molar-refractivity contribution < 1.29 is 27.8 Å². The van der Waals surface area contributed by atoms with Crippen molar-refractivity contribution in [1.82, 2.24) is 4.98 Å². The molecule has 0 aliphatic carbocycles. The molecule has 9 nitrogen and oxygen atoms in total. The Kier molecular flexibility index (Phi) is 11.4. The number of rotatable bonds is 14. The van der Waals surface area contributed by atoms with Gasteiger partial charge >= 0.3 is 6.18 Å². The maximum absolute atomic E-state index is 13.3. The van der Waals surface area contributed by atoms with Crippen LogP contribution in [0.25, 0.3) is 0 Å². The number of benzene rings is 1. The number of hydrogen-bond donors (Lipinski definition) is 3. The lowest BCUT2D eigenvalue weighted by Crippen LogP contribution is -2.15. The number of hydrogen-bond acceptors (Lipinski definition) is 9. The van der Waals surface area contributed by atoms with Crippen LogP contribution in [0, 0.1) is 18.3 Å². The number of halogens is 3. The second-order valence-electron chi connectivity index (χ2n) is 7.29. The fourth-order valence-corrected chi connectivity index (χ4v) is 3.01. The third-order valence-corrected chi connectivity index (χ3v) is 4.66. The minimum absolute atomic E-state index is 0.125. The van der Waals surface area contributed by atoms with E-state index in [1.165, 1.54) is 18.2 Å². The Morgan fingerprint density at radius 3 is 2.31 bits per heavy atom. The van der Waals surface area contributed by atoms with Crippen LogP contribution in [0.3, 0.4) is 0 Å². The highest BCUT2D eigenvalue weighted by atomic mass is 19.4. The van der Waals surface area contributed by atoms with Gasteiger partial charge in [0.25, 0.3) is 0 Å². The van der Waals surface area contributed by atoms with Crippen LogP contribution in [0.4, 0.5) is 36.2 Å². The van der Waals surface area contributed by atoms with Gasteiger partial charge in [-0.15, -0.1) is 10.2 Å². The summed E-state index contributed by atoms with van der Waals surface area (Å²) in [6, 6.07) is 6.91. The Morgan fingerprint density at radius 1 is 1.03 bits per heavy atom. The molecule has 2 aromatic rings. The Balaban J connectivity index is 2.40. The molecule has 12 heteroatoms. The number of aromatic nitrogens is 1. The number of nitrogens with one attached hydrogen (secondary N) is 2. The van der Waals surface area contributed by atoms with E-state index in [-0.39, 0.29) is 49.1 Å². The first-order chi connectivity index (χ1) is 16.8. The highest BCUT2D eigenvalue weighted by Gasteiger charge is 2.33. The van der Waals surface area contributed by atoms with Crippen LogP contribution in [0.1, 0.15) is 30.0 Å². The molecule has 0 fully saturated rings. The fourth-order valence-electron chi connectivity index (χ4n) is 3.01. The molecule has 0 unspecified atom stereocenters. The zero-order chi connectivity index (χ0) is 25.7. The quantitative estimate of drug-likeness (QED) is 0.251. The lowest BCUT2D eigenvalue weighted by atomic mass is 10.1. The van der Waals surface area contributed by atoms with Crippen molar-refractivity contribution in [2.24, 2.45) is 10.2 Å². The van der Waals surface area contributed by atoms with E-state index in [4.69, 9.17) is 14.6 Å². The number of azo groups is 1. The number of ether oxygens (including phenoxy) is 2. The van der Waals surface area contributed by atoms with Crippen molar-refractivity contribution in [2.45, 2.75) is 26.4 Å². The largest absolute Gasteiger partial charge is 0.418 e. The third-order valence-electron chi connectivity index (χ3n) is 4.66. The fraction of sp³-hybridized carbons (Fsp3) is 0.478. The summed E-state index contributed by atoms with van der Waals surface area (Å²) >= 11 is 0. The molecule has 190 valence electrons. The van der Waals surface area contributed by atoms with E-state index in [2.05, 4.69) is 31.9 Å². The predicted octanol–water partition coefficient (Wildman–Crippen LogP) is 4.96. The number of aliphatic hydroxyl groups excluding tert-OH is 1. The summed E-state index contributed by atoms with van der Waals surface area (Å²) in [5.74, 6) is 0.512. The maximum atomic E-state index is 13.3. The summed E-state index contributed by atoms with van der Waals surface area (Å²) < 4.78 is 50.7. The molecule has 0 saturated heterocycles. The summed E-state index contributed by atoms with van der Waals surface area (Å²) in [7, 11) is 0. The van der Waals surface area contributed by atoms with Gasteiger partial charge in [-0.3, -0.25) is 0 Å². The molecule has 1 aromatic heterocycles. The molecule has 0 spiro atoms. The van der Waals surface area contributed by atoms with Gasteiger partial charge in [-0.25, -0.2) is 4.98 Å². The summed E-state index contributed by atoms with van der Waals surface area (Å²) in [5, 5.41) is 32.5. The Morgan fingerprint density at radius 2 is 1.69 bits per heavy atom. The minimum atomic E-state index is -4.60. The molecule has 0 amide bonds. The SMILES string of the molecule is CCCOCCNc1nc(NCCOCCO)c(N=Nc2ccccc2C(F)(F)F)c(C)c1C#N. The van der Waals surface area contributed by atoms with Crippen molar-refractivity contribution >= 4 is 23.0 Å². The molecular weight excluding hydrogens is 465 g/mol. The average molecular weight is 495 g/mol. The third kappa shape index (κ3) is 8.47. The van der Waals surface area contributed by atoms with E-state index in [1.54, 1.807) is 6.92 Å². The van der Waals surface area contributed by atoms with Gasteiger partial charge in [-0.1, -0.05) is 19.1 Å². The molecule has 0 bridgehead atoms. The number of aliphatic hydroxyl groups is 1. The van der Waals surface area contributed by atoms with Gasteiger partial charge in [0.15, 0.2) is 5.82 Å². The second kappa shape index (κ2) is 14.2. The molecule has 0 saturated carbocycles. The van der Waals surface area contributed by atoms with Gasteiger partial charge in [0.1, 0.15) is 17.6 Å². The van der Waals surface area contributed by atoms with Crippen LogP contribution in [0.15, 0.2) is 34.5 Å². The normalized spacial score (nSPS) is 11.6. The van der Waals surface area contributed by atoms with Gasteiger partial charge in [0.05, 0.1) is 43.2 Å². The second-order valence-corrected chi connectivity index (χ2v) is 7.29. The molecule has 0 aliphatic rings. The average Bonchev–Trinajstić information content (AvgIpc) is 2.83. The number of nitrogens with zero attached hydrogens (tertiary/aromatic N) is 4. The molecule has 1 aromatic carbocycles. The van der Waals surface area contributed by atoms with Crippen molar-refractivity contribution in [3.05, 3.63) is 41.0 Å². The maximum Gasteiger partial charge on any atom is 0.418 e. The molecule has 1 heterocycles. The van der Waals surface area contributed by atoms with Gasteiger partial charge in [-0.2, -0.15) is 18.4 Å². The topological polar surface area (TPSA) is 124 Å². The van der Waals surface area contributed by atoms with Crippen molar-refractivity contribution in [2.75, 3.05) is 56.8 Å². The Hall–Kier alpha value is -3.27. The van der Waals surface area contributed by atoms with Crippen LogP contribution < -0.4 is 10.6 Å². The van der Waals surface area contributed by atoms with E-state index >= 15 is 0 Å². The zero-order valence-electron chi connectivity index (χ0n) is 19.7. The van der Waals surface area contributed by atoms with Crippen LogP contribution in [0.2, 0.25) is 0 Å². The molecular formula is C23H29F3N6O3. The van der Waals surface area contributed by atoms with E-state index in [0.29, 0.717) is 31.1 Å². The Bertz CT molecular complexity index is 1020. The first-order valence-electron chi connectivity index (χ1n) is 11.1. The van der Waals surface area contributed by atoms with E-state index in [9.17, 15) is 18.4 Å². The standard InChI is InChI=1S/C23H29F3N6O3/c1-3-11-34-12-8-28-21-17(15-27)16(2)20(22(30-21)29-9-13-35-14-10-33)32-31-19-7-5-4-6-18(19)23(24,25)26/h4-7,33H,3,8-14H2,1-2H3,(H2,28,29,30). The molecule has 0 atom stereocenters. The highest BCUT2D eigenvalue weighted by Crippen LogP contribution is 2.38. The summed E-state index contributed by atoms with van der Waals surface area (Å²) in [5.41, 5.74) is -0.557. The van der Waals surface area contributed by atoms with Crippen LogP contribution in [-0.2, 0) is 15.7 Å². The van der Waals surface area contributed by atoms with Gasteiger partial charge < -0.3 is 25.2 Å². The lowest BCUT2D eigenvalue weighted by molar-refractivity contribution is -0.137.